The largest absolute Gasteiger partial charge is 0.207 e. The van der Waals surface area contributed by atoms with E-state index in [0.29, 0.717) is 10.8 Å². The Bertz CT molecular complexity index is 380. The molecule has 1 radical (unpaired) electrons. The van der Waals surface area contributed by atoms with Crippen molar-refractivity contribution in [3.63, 3.8) is 0 Å². The molecule has 0 atom stereocenters. The Labute approximate surface area is 68.4 Å². The van der Waals surface area contributed by atoms with Gasteiger partial charge in [0.15, 0.2) is 0 Å². The zero-order valence-corrected chi connectivity index (χ0v) is 6.14. The van der Waals surface area contributed by atoms with Crippen LogP contribution in [0.3, 0.4) is 0 Å². The minimum absolute atomic E-state index is 0.317. The highest BCUT2D eigenvalue weighted by atomic mass is 19.1. The Morgan fingerprint density at radius 2 is 1.83 bits per heavy atom. The van der Waals surface area contributed by atoms with Gasteiger partial charge in [-0.3, -0.25) is 0 Å². The van der Waals surface area contributed by atoms with Gasteiger partial charge in [-0.1, -0.05) is 12.1 Å². The molecule has 0 bridgehead atoms. The first-order chi connectivity index (χ1) is 5.75. The Balaban J connectivity index is 2.79. The van der Waals surface area contributed by atoms with Crippen molar-refractivity contribution in [1.82, 2.24) is 0 Å². The first-order valence-corrected chi connectivity index (χ1v) is 3.53. The molecule has 12 heavy (non-hydrogen) atoms. The second kappa shape index (κ2) is 2.55. The van der Waals surface area contributed by atoms with E-state index in [0.717, 1.165) is 0 Å². The highest BCUT2D eigenvalue weighted by Crippen LogP contribution is 2.15. The van der Waals surface area contributed by atoms with Crippen molar-refractivity contribution in [2.45, 2.75) is 0 Å². The van der Waals surface area contributed by atoms with Crippen LogP contribution in [0.25, 0.3) is 10.8 Å². The van der Waals surface area contributed by atoms with Gasteiger partial charge in [0.1, 0.15) is 11.6 Å². The monoisotopic (exact) mass is 163 g/mol. The summed E-state index contributed by atoms with van der Waals surface area (Å²) < 4.78 is 25.2. The van der Waals surface area contributed by atoms with Crippen LogP contribution in [0.15, 0.2) is 30.3 Å². The number of fused-ring (bicyclic) bond motifs is 1. The van der Waals surface area contributed by atoms with Gasteiger partial charge in [-0.2, -0.15) is 0 Å². The van der Waals surface area contributed by atoms with Crippen molar-refractivity contribution in [3.05, 3.63) is 48.0 Å². The summed E-state index contributed by atoms with van der Waals surface area (Å²) in [5.41, 5.74) is 0. The van der Waals surface area contributed by atoms with Crippen LogP contribution in [-0.2, 0) is 0 Å². The highest BCUT2D eigenvalue weighted by molar-refractivity contribution is 5.81. The van der Waals surface area contributed by atoms with Crippen molar-refractivity contribution >= 4 is 10.8 Å². The highest BCUT2D eigenvalue weighted by Gasteiger charge is 1.97. The molecular weight excluding hydrogens is 158 g/mol. The standard InChI is InChI=1S/C10H5F2/c11-9-3-1-7-5-10(12)4-2-8(7)6-9/h1-5H. The van der Waals surface area contributed by atoms with E-state index in [1.165, 1.54) is 30.3 Å². The molecule has 0 saturated heterocycles. The van der Waals surface area contributed by atoms with Crippen LogP contribution in [-0.4, -0.2) is 0 Å². The lowest BCUT2D eigenvalue weighted by atomic mass is 10.1. The molecule has 2 rings (SSSR count). The number of hydrogen-bond donors (Lipinski definition) is 0. The second-order valence-corrected chi connectivity index (χ2v) is 2.54. The molecule has 0 spiro atoms. The molecule has 0 aliphatic heterocycles. The van der Waals surface area contributed by atoms with Gasteiger partial charge in [-0.15, -0.1) is 0 Å². The maximum Gasteiger partial charge on any atom is 0.131 e. The van der Waals surface area contributed by atoms with Crippen molar-refractivity contribution < 1.29 is 8.78 Å². The third kappa shape index (κ3) is 1.16. The Hall–Kier alpha value is -1.44. The maximum atomic E-state index is 12.6. The number of halogens is 2. The molecule has 0 aliphatic carbocycles. The average Bonchev–Trinajstić information content (AvgIpc) is 2.05. The topological polar surface area (TPSA) is 0 Å². The van der Waals surface area contributed by atoms with Gasteiger partial charge in [-0.05, 0) is 29.0 Å². The molecule has 0 unspecified atom stereocenters. The number of rotatable bonds is 0. The minimum atomic E-state index is -0.422. The molecule has 0 aliphatic rings. The summed E-state index contributed by atoms with van der Waals surface area (Å²) in [6, 6.07) is 9.43. The quantitative estimate of drug-likeness (QED) is 0.560. The smallest absolute Gasteiger partial charge is 0.131 e. The van der Waals surface area contributed by atoms with Crippen molar-refractivity contribution in [1.29, 1.82) is 0 Å². The molecule has 0 saturated carbocycles. The predicted molar refractivity (Wildman–Crippen MR) is 42.7 cm³/mol. The Kier molecular flexibility index (Phi) is 1.54. The second-order valence-electron chi connectivity index (χ2n) is 2.54. The average molecular weight is 163 g/mol. The van der Waals surface area contributed by atoms with Crippen LogP contribution < -0.4 is 0 Å². The van der Waals surface area contributed by atoms with Gasteiger partial charge in [0.2, 0.25) is 0 Å². The molecule has 0 amide bonds. The summed E-state index contributed by atoms with van der Waals surface area (Å²) in [6.07, 6.45) is 0. The van der Waals surface area contributed by atoms with Gasteiger partial charge < -0.3 is 0 Å². The lowest BCUT2D eigenvalue weighted by molar-refractivity contribution is 0.624. The van der Waals surface area contributed by atoms with Gasteiger partial charge in [0.25, 0.3) is 0 Å². The van der Waals surface area contributed by atoms with E-state index in [1.54, 1.807) is 0 Å². The molecule has 0 nitrogen and oxygen atoms in total. The van der Waals surface area contributed by atoms with E-state index < -0.39 is 5.82 Å². The summed E-state index contributed by atoms with van der Waals surface area (Å²) in [5, 5.41) is 1.26. The fraction of sp³-hybridized carbons (Fsp3) is 0. The molecule has 2 aromatic carbocycles. The van der Waals surface area contributed by atoms with Crippen LogP contribution in [0.1, 0.15) is 0 Å². The lowest BCUT2D eigenvalue weighted by Crippen LogP contribution is -1.78. The third-order valence-electron chi connectivity index (χ3n) is 1.68. The molecule has 0 aromatic heterocycles. The van der Waals surface area contributed by atoms with E-state index >= 15 is 0 Å². The van der Waals surface area contributed by atoms with Crippen molar-refractivity contribution in [2.24, 2.45) is 0 Å². The Morgan fingerprint density at radius 3 is 2.67 bits per heavy atom. The first kappa shape index (κ1) is 7.22. The van der Waals surface area contributed by atoms with Crippen molar-refractivity contribution in [3.8, 4) is 0 Å². The van der Waals surface area contributed by atoms with E-state index in [1.807, 2.05) is 0 Å². The van der Waals surface area contributed by atoms with Gasteiger partial charge in [0.05, 0.1) is 0 Å². The molecule has 0 N–H and O–H groups in total. The summed E-state index contributed by atoms with van der Waals surface area (Å²) in [7, 11) is 0. The lowest BCUT2D eigenvalue weighted by Gasteiger charge is -1.95. The summed E-state index contributed by atoms with van der Waals surface area (Å²) in [5.74, 6) is -0.739. The van der Waals surface area contributed by atoms with E-state index in [2.05, 4.69) is 6.07 Å². The first-order valence-electron chi connectivity index (χ1n) is 3.53. The molecule has 0 fully saturated rings. The number of hydrogen-bond acceptors (Lipinski definition) is 0. The van der Waals surface area contributed by atoms with Gasteiger partial charge in [0, 0.05) is 6.07 Å². The predicted octanol–water partition coefficient (Wildman–Crippen LogP) is 2.92. The molecular formula is C10H5F2. The molecule has 0 heterocycles. The normalized spacial score (nSPS) is 10.5. The minimum Gasteiger partial charge on any atom is -0.207 e. The zero-order valence-electron chi connectivity index (χ0n) is 6.14. The molecule has 2 aromatic rings. The SMILES string of the molecule is Fc1[c]c2ccc(F)cc2cc1. The zero-order chi connectivity index (χ0) is 8.55. The van der Waals surface area contributed by atoms with Crippen LogP contribution in [0.5, 0.6) is 0 Å². The van der Waals surface area contributed by atoms with Gasteiger partial charge in [-0.25, -0.2) is 8.78 Å². The van der Waals surface area contributed by atoms with Crippen LogP contribution >= 0.6 is 0 Å². The van der Waals surface area contributed by atoms with Gasteiger partial charge >= 0.3 is 0 Å². The summed E-state index contributed by atoms with van der Waals surface area (Å²) in [6.45, 7) is 0. The van der Waals surface area contributed by atoms with Crippen LogP contribution in [0, 0.1) is 17.7 Å². The fourth-order valence-corrected chi connectivity index (χ4v) is 1.12. The third-order valence-corrected chi connectivity index (χ3v) is 1.68. The van der Waals surface area contributed by atoms with E-state index in [4.69, 9.17) is 0 Å². The molecule has 2 heteroatoms. The molecule has 59 valence electrons. The summed E-state index contributed by atoms with van der Waals surface area (Å²) >= 11 is 0. The summed E-state index contributed by atoms with van der Waals surface area (Å²) in [4.78, 5) is 0. The van der Waals surface area contributed by atoms with Crippen molar-refractivity contribution in [2.75, 3.05) is 0 Å². The van der Waals surface area contributed by atoms with Crippen LogP contribution in [0.2, 0.25) is 0 Å². The van der Waals surface area contributed by atoms with E-state index in [9.17, 15) is 8.78 Å². The van der Waals surface area contributed by atoms with E-state index in [-0.39, 0.29) is 5.82 Å². The maximum absolute atomic E-state index is 12.6. The Morgan fingerprint density at radius 1 is 1.00 bits per heavy atom. The fourth-order valence-electron chi connectivity index (χ4n) is 1.12. The number of benzene rings is 2. The van der Waals surface area contributed by atoms with Crippen LogP contribution in [0.4, 0.5) is 8.78 Å².